The van der Waals surface area contributed by atoms with E-state index in [0.29, 0.717) is 17.1 Å². The molecule has 2 amide bonds. The van der Waals surface area contributed by atoms with E-state index < -0.39 is 6.04 Å². The summed E-state index contributed by atoms with van der Waals surface area (Å²) in [5.74, 6) is 0.992. The normalized spacial score (nSPS) is 11.7. The molecule has 0 aliphatic heterocycles. The lowest BCUT2D eigenvalue weighted by atomic mass is 10.2. The van der Waals surface area contributed by atoms with Gasteiger partial charge in [0.05, 0.1) is 24.2 Å². The minimum absolute atomic E-state index is 0.0840. The number of nitrogens with zero attached hydrogens (tertiary/aromatic N) is 3. The van der Waals surface area contributed by atoms with Crippen molar-refractivity contribution in [2.75, 3.05) is 19.1 Å². The number of aromatic nitrogens is 2. The third kappa shape index (κ3) is 4.72. The second-order valence-electron chi connectivity index (χ2n) is 7.76. The molecular weight excluding hydrogens is 416 g/mol. The number of hydrogen-bond donors (Lipinski definition) is 1. The van der Waals surface area contributed by atoms with Gasteiger partial charge >= 0.3 is 0 Å². The molecule has 33 heavy (non-hydrogen) atoms. The Morgan fingerprint density at radius 1 is 1.00 bits per heavy atom. The quantitative estimate of drug-likeness (QED) is 0.465. The fraction of sp³-hybridized carbons (Fsp3) is 0.192. The van der Waals surface area contributed by atoms with Crippen LogP contribution in [0.4, 0.5) is 5.69 Å². The number of anilines is 1. The van der Waals surface area contributed by atoms with E-state index >= 15 is 0 Å². The highest BCUT2D eigenvalue weighted by Gasteiger charge is 2.22. The Bertz CT molecular complexity index is 1270. The Hall–Kier alpha value is -4.13. The first-order valence-electron chi connectivity index (χ1n) is 10.7. The van der Waals surface area contributed by atoms with E-state index in [0.717, 1.165) is 16.7 Å². The molecule has 1 heterocycles. The SMILES string of the molecule is COc1ccc(C(=O)NC(C)c2nc3ccccc3n2CC(=O)N(C)c2ccccc2)cc1. The van der Waals surface area contributed by atoms with Crippen LogP contribution in [0.2, 0.25) is 0 Å². The average molecular weight is 443 g/mol. The summed E-state index contributed by atoms with van der Waals surface area (Å²) in [7, 11) is 3.34. The molecule has 0 radical (unpaired) electrons. The summed E-state index contributed by atoms with van der Waals surface area (Å²) in [6.07, 6.45) is 0. The molecule has 0 fully saturated rings. The molecule has 0 aliphatic carbocycles. The molecule has 3 aromatic carbocycles. The van der Waals surface area contributed by atoms with Crippen molar-refractivity contribution in [1.29, 1.82) is 0 Å². The van der Waals surface area contributed by atoms with E-state index in [1.165, 1.54) is 0 Å². The van der Waals surface area contributed by atoms with Crippen LogP contribution in [0, 0.1) is 0 Å². The van der Waals surface area contributed by atoms with Gasteiger partial charge in [-0.1, -0.05) is 30.3 Å². The van der Waals surface area contributed by atoms with Crippen LogP contribution in [0.5, 0.6) is 5.75 Å². The molecule has 1 N–H and O–H groups in total. The van der Waals surface area contributed by atoms with Crippen LogP contribution in [0.25, 0.3) is 11.0 Å². The van der Waals surface area contributed by atoms with Crippen LogP contribution >= 0.6 is 0 Å². The zero-order chi connectivity index (χ0) is 23.4. The molecule has 0 aliphatic rings. The standard InChI is InChI=1S/C26H26N4O3/c1-18(27-26(32)19-13-15-21(33-3)16-14-19)25-28-22-11-7-8-12-23(22)30(25)17-24(31)29(2)20-9-5-4-6-10-20/h4-16,18H,17H2,1-3H3,(H,27,32). The number of benzene rings is 3. The van der Waals surface area contributed by atoms with Gasteiger partial charge in [-0.15, -0.1) is 0 Å². The highest BCUT2D eigenvalue weighted by atomic mass is 16.5. The van der Waals surface area contributed by atoms with Crippen molar-refractivity contribution >= 4 is 28.5 Å². The third-order valence-electron chi connectivity index (χ3n) is 5.58. The van der Waals surface area contributed by atoms with E-state index in [2.05, 4.69) is 5.32 Å². The molecule has 168 valence electrons. The van der Waals surface area contributed by atoms with Gasteiger partial charge in [0.2, 0.25) is 5.91 Å². The van der Waals surface area contributed by atoms with Crippen molar-refractivity contribution in [3.63, 3.8) is 0 Å². The number of rotatable bonds is 7. The number of carbonyl (C=O) groups is 2. The number of para-hydroxylation sites is 3. The molecule has 0 saturated heterocycles. The van der Waals surface area contributed by atoms with E-state index in [4.69, 9.17) is 9.72 Å². The molecule has 1 aromatic heterocycles. The van der Waals surface area contributed by atoms with Crippen molar-refractivity contribution in [3.8, 4) is 5.75 Å². The predicted molar refractivity (Wildman–Crippen MR) is 128 cm³/mol. The van der Waals surface area contributed by atoms with Gasteiger partial charge in [-0.2, -0.15) is 0 Å². The largest absolute Gasteiger partial charge is 0.497 e. The Morgan fingerprint density at radius 2 is 1.67 bits per heavy atom. The number of amides is 2. The van der Waals surface area contributed by atoms with Crippen LogP contribution in [-0.4, -0.2) is 35.5 Å². The fourth-order valence-corrected chi connectivity index (χ4v) is 3.71. The van der Waals surface area contributed by atoms with E-state index in [1.807, 2.05) is 66.1 Å². The van der Waals surface area contributed by atoms with Gasteiger partial charge in [-0.25, -0.2) is 4.98 Å². The van der Waals surface area contributed by atoms with Gasteiger partial charge in [-0.05, 0) is 55.5 Å². The van der Waals surface area contributed by atoms with Crippen LogP contribution in [-0.2, 0) is 11.3 Å². The molecule has 1 atom stereocenters. The maximum Gasteiger partial charge on any atom is 0.251 e. The number of methoxy groups -OCH3 is 1. The number of ether oxygens (including phenoxy) is 1. The lowest BCUT2D eigenvalue weighted by Gasteiger charge is -2.20. The van der Waals surface area contributed by atoms with Gasteiger partial charge in [-0.3, -0.25) is 9.59 Å². The van der Waals surface area contributed by atoms with E-state index in [-0.39, 0.29) is 18.4 Å². The lowest BCUT2D eigenvalue weighted by Crippen LogP contribution is -2.33. The maximum absolute atomic E-state index is 13.1. The number of imidazole rings is 1. The summed E-state index contributed by atoms with van der Waals surface area (Å²) < 4.78 is 7.03. The number of carbonyl (C=O) groups excluding carboxylic acids is 2. The Balaban J connectivity index is 1.60. The third-order valence-corrected chi connectivity index (χ3v) is 5.58. The second kappa shape index (κ2) is 9.56. The van der Waals surface area contributed by atoms with E-state index in [1.54, 1.807) is 43.3 Å². The van der Waals surface area contributed by atoms with Gasteiger partial charge < -0.3 is 19.5 Å². The van der Waals surface area contributed by atoms with Gasteiger partial charge in [0.25, 0.3) is 5.91 Å². The minimum atomic E-state index is -0.415. The molecule has 7 heteroatoms. The molecule has 7 nitrogen and oxygen atoms in total. The highest BCUT2D eigenvalue weighted by Crippen LogP contribution is 2.22. The highest BCUT2D eigenvalue weighted by molar-refractivity contribution is 5.95. The van der Waals surface area contributed by atoms with Gasteiger partial charge in [0.15, 0.2) is 0 Å². The molecule has 1 unspecified atom stereocenters. The van der Waals surface area contributed by atoms with Gasteiger partial charge in [0, 0.05) is 18.3 Å². The summed E-state index contributed by atoms with van der Waals surface area (Å²) in [6, 6.07) is 23.6. The molecule has 0 saturated carbocycles. The smallest absolute Gasteiger partial charge is 0.251 e. The fourth-order valence-electron chi connectivity index (χ4n) is 3.71. The maximum atomic E-state index is 13.1. The molecule has 0 bridgehead atoms. The number of fused-ring (bicyclic) bond motifs is 1. The zero-order valence-electron chi connectivity index (χ0n) is 18.9. The number of likely N-dealkylation sites (N-methyl/N-ethyl adjacent to an activating group) is 1. The van der Waals surface area contributed by atoms with Crippen molar-refractivity contribution in [2.45, 2.75) is 19.5 Å². The number of hydrogen-bond acceptors (Lipinski definition) is 4. The first-order chi connectivity index (χ1) is 16.0. The Labute approximate surface area is 192 Å². The van der Waals surface area contributed by atoms with Crippen LogP contribution in [0.15, 0.2) is 78.9 Å². The second-order valence-corrected chi connectivity index (χ2v) is 7.76. The van der Waals surface area contributed by atoms with Crippen molar-refractivity contribution in [2.24, 2.45) is 0 Å². The van der Waals surface area contributed by atoms with Crippen LogP contribution in [0.1, 0.15) is 29.1 Å². The first-order valence-corrected chi connectivity index (χ1v) is 10.7. The van der Waals surface area contributed by atoms with Crippen LogP contribution < -0.4 is 15.0 Å². The first kappa shape index (κ1) is 22.1. The van der Waals surface area contributed by atoms with E-state index in [9.17, 15) is 9.59 Å². The monoisotopic (exact) mass is 442 g/mol. The summed E-state index contributed by atoms with van der Waals surface area (Å²) >= 11 is 0. The molecule has 4 rings (SSSR count). The summed E-state index contributed by atoms with van der Waals surface area (Å²) in [5, 5.41) is 3.00. The zero-order valence-corrected chi connectivity index (χ0v) is 18.9. The van der Waals surface area contributed by atoms with Crippen molar-refractivity contribution in [3.05, 3.63) is 90.3 Å². The number of nitrogens with one attached hydrogen (secondary N) is 1. The lowest BCUT2D eigenvalue weighted by molar-refractivity contribution is -0.118. The predicted octanol–water partition coefficient (Wildman–Crippen LogP) is 4.20. The van der Waals surface area contributed by atoms with Crippen molar-refractivity contribution < 1.29 is 14.3 Å². The Morgan fingerprint density at radius 3 is 2.36 bits per heavy atom. The molecule has 0 spiro atoms. The minimum Gasteiger partial charge on any atom is -0.497 e. The van der Waals surface area contributed by atoms with Crippen molar-refractivity contribution in [1.82, 2.24) is 14.9 Å². The summed E-state index contributed by atoms with van der Waals surface area (Å²) in [4.78, 5) is 32.3. The van der Waals surface area contributed by atoms with Gasteiger partial charge in [0.1, 0.15) is 18.1 Å². The summed E-state index contributed by atoms with van der Waals surface area (Å²) in [6.45, 7) is 1.97. The summed E-state index contributed by atoms with van der Waals surface area (Å²) in [5.41, 5.74) is 2.94. The van der Waals surface area contributed by atoms with Crippen LogP contribution in [0.3, 0.4) is 0 Å². The molecular formula is C26H26N4O3. The molecule has 4 aromatic rings. The topological polar surface area (TPSA) is 76.5 Å². The Kier molecular flexibility index (Phi) is 6.40. The average Bonchev–Trinajstić information content (AvgIpc) is 3.22.